The molecule has 0 atom stereocenters. The minimum Gasteiger partial charge on any atom is -0.491 e. The van der Waals surface area contributed by atoms with Crippen molar-refractivity contribution in [2.24, 2.45) is 0 Å². The maximum absolute atomic E-state index is 11.7. The number of hydrogen-bond donors (Lipinski definition) is 0. The van der Waals surface area contributed by atoms with Gasteiger partial charge in [-0.25, -0.2) is 4.79 Å². The van der Waals surface area contributed by atoms with E-state index in [0.717, 1.165) is 0 Å². The first-order chi connectivity index (χ1) is 10.6. The van der Waals surface area contributed by atoms with Crippen molar-refractivity contribution >= 4 is 23.6 Å². The lowest BCUT2D eigenvalue weighted by Crippen LogP contribution is -2.06. The molecule has 0 heterocycles. The van der Waals surface area contributed by atoms with Gasteiger partial charge in [-0.1, -0.05) is 24.3 Å². The van der Waals surface area contributed by atoms with Crippen molar-refractivity contribution in [3.05, 3.63) is 40.9 Å². The van der Waals surface area contributed by atoms with Gasteiger partial charge in [-0.05, 0) is 30.7 Å². The van der Waals surface area contributed by atoms with Gasteiger partial charge in [0.1, 0.15) is 18.2 Å². The molecule has 0 aromatic heterocycles. The standard InChI is InChI=1S/C16H16ClNO4/c1-4-6-22-16(19)12(10-18)7-11-8-13(17)15(20-3)14(9-11)21-5-2/h4,7-9H,1,5-6H2,2-3H3/b12-7+. The van der Waals surface area contributed by atoms with Crippen LogP contribution in [0.4, 0.5) is 0 Å². The molecule has 0 unspecified atom stereocenters. The maximum Gasteiger partial charge on any atom is 0.349 e. The highest BCUT2D eigenvalue weighted by Crippen LogP contribution is 2.36. The van der Waals surface area contributed by atoms with E-state index < -0.39 is 5.97 Å². The van der Waals surface area contributed by atoms with Crippen LogP contribution in [0.3, 0.4) is 0 Å². The summed E-state index contributed by atoms with van der Waals surface area (Å²) in [7, 11) is 1.48. The molecular weight excluding hydrogens is 306 g/mol. The number of methoxy groups -OCH3 is 1. The number of nitriles is 1. The number of carbonyl (C=O) groups excluding carboxylic acids is 1. The van der Waals surface area contributed by atoms with Crippen LogP contribution < -0.4 is 9.47 Å². The Balaban J connectivity index is 3.19. The van der Waals surface area contributed by atoms with Crippen LogP contribution in [0.25, 0.3) is 6.08 Å². The molecule has 0 aliphatic rings. The molecule has 0 aliphatic carbocycles. The smallest absolute Gasteiger partial charge is 0.349 e. The highest BCUT2D eigenvalue weighted by Gasteiger charge is 2.14. The summed E-state index contributed by atoms with van der Waals surface area (Å²) in [6.07, 6.45) is 2.80. The summed E-state index contributed by atoms with van der Waals surface area (Å²) in [6, 6.07) is 5.00. The lowest BCUT2D eigenvalue weighted by Gasteiger charge is -2.12. The van der Waals surface area contributed by atoms with Crippen LogP contribution in [-0.4, -0.2) is 26.3 Å². The van der Waals surface area contributed by atoms with Gasteiger partial charge in [0.15, 0.2) is 11.5 Å². The number of ether oxygens (including phenoxy) is 3. The third-order valence-electron chi connectivity index (χ3n) is 2.52. The summed E-state index contributed by atoms with van der Waals surface area (Å²) >= 11 is 6.11. The molecule has 0 spiro atoms. The lowest BCUT2D eigenvalue weighted by atomic mass is 10.1. The first-order valence-corrected chi connectivity index (χ1v) is 6.85. The molecule has 0 fully saturated rings. The van der Waals surface area contributed by atoms with E-state index in [1.54, 1.807) is 18.2 Å². The number of hydrogen-bond acceptors (Lipinski definition) is 5. The van der Waals surface area contributed by atoms with Crippen LogP contribution >= 0.6 is 11.6 Å². The monoisotopic (exact) mass is 321 g/mol. The third-order valence-corrected chi connectivity index (χ3v) is 2.80. The van der Waals surface area contributed by atoms with Gasteiger partial charge in [-0.2, -0.15) is 5.26 Å². The molecule has 0 radical (unpaired) electrons. The summed E-state index contributed by atoms with van der Waals surface area (Å²) in [5.41, 5.74) is 0.381. The first-order valence-electron chi connectivity index (χ1n) is 6.47. The predicted octanol–water partition coefficient (Wildman–Crippen LogP) is 3.38. The average Bonchev–Trinajstić information content (AvgIpc) is 2.50. The highest BCUT2D eigenvalue weighted by molar-refractivity contribution is 6.32. The fraction of sp³-hybridized carbons (Fsp3) is 0.250. The van der Waals surface area contributed by atoms with Crippen LogP contribution in [0, 0.1) is 11.3 Å². The van der Waals surface area contributed by atoms with Crippen LogP contribution in [0.5, 0.6) is 11.5 Å². The van der Waals surface area contributed by atoms with Gasteiger partial charge in [-0.3, -0.25) is 0 Å². The molecule has 0 bridgehead atoms. The Morgan fingerprint density at radius 3 is 2.77 bits per heavy atom. The Bertz CT molecular complexity index is 632. The maximum atomic E-state index is 11.7. The van der Waals surface area contributed by atoms with Crippen LogP contribution in [0.15, 0.2) is 30.4 Å². The molecule has 1 aromatic rings. The number of esters is 1. The molecule has 1 rings (SSSR count). The average molecular weight is 322 g/mol. The summed E-state index contributed by atoms with van der Waals surface area (Å²) < 4.78 is 15.4. The number of halogens is 1. The zero-order chi connectivity index (χ0) is 16.5. The predicted molar refractivity (Wildman–Crippen MR) is 83.9 cm³/mol. The van der Waals surface area contributed by atoms with Gasteiger partial charge in [0.25, 0.3) is 0 Å². The summed E-state index contributed by atoms with van der Waals surface area (Å²) in [6.45, 7) is 5.72. The van der Waals surface area contributed by atoms with Crippen LogP contribution in [0.2, 0.25) is 5.02 Å². The number of rotatable bonds is 7. The van der Waals surface area contributed by atoms with E-state index in [4.69, 9.17) is 31.1 Å². The molecule has 0 aliphatic heterocycles. The summed E-state index contributed by atoms with van der Waals surface area (Å²) in [4.78, 5) is 11.7. The van der Waals surface area contributed by atoms with Gasteiger partial charge in [0.05, 0.1) is 18.7 Å². The second-order valence-electron chi connectivity index (χ2n) is 4.02. The Morgan fingerprint density at radius 2 is 2.23 bits per heavy atom. The van der Waals surface area contributed by atoms with Gasteiger partial charge in [-0.15, -0.1) is 0 Å². The van der Waals surface area contributed by atoms with Crippen molar-refractivity contribution in [2.45, 2.75) is 6.92 Å². The van der Waals surface area contributed by atoms with E-state index in [9.17, 15) is 4.79 Å². The summed E-state index contributed by atoms with van der Waals surface area (Å²) in [5.74, 6) is 0.0983. The van der Waals surface area contributed by atoms with Gasteiger partial charge < -0.3 is 14.2 Å². The van der Waals surface area contributed by atoms with E-state index in [1.807, 2.05) is 6.92 Å². The van der Waals surface area contributed by atoms with Crippen molar-refractivity contribution in [1.29, 1.82) is 5.26 Å². The molecule has 1 aromatic carbocycles. The minimum atomic E-state index is -0.729. The third kappa shape index (κ3) is 4.54. The van der Waals surface area contributed by atoms with Crippen molar-refractivity contribution in [3.8, 4) is 17.6 Å². The molecule has 0 amide bonds. The normalized spacial score (nSPS) is 10.5. The molecular formula is C16H16ClNO4. The van der Waals surface area contributed by atoms with Gasteiger partial charge in [0, 0.05) is 0 Å². The Hall–Kier alpha value is -2.45. The number of benzene rings is 1. The van der Waals surface area contributed by atoms with Crippen molar-refractivity contribution in [2.75, 3.05) is 20.3 Å². The van der Waals surface area contributed by atoms with Crippen molar-refractivity contribution in [1.82, 2.24) is 0 Å². The second kappa shape index (κ2) is 8.75. The van der Waals surface area contributed by atoms with E-state index in [2.05, 4.69) is 6.58 Å². The SMILES string of the molecule is C=CCOC(=O)/C(C#N)=C/c1cc(Cl)c(OC)c(OCC)c1. The Kier molecular flexibility index (Phi) is 7.00. The van der Waals surface area contributed by atoms with Crippen LogP contribution in [-0.2, 0) is 9.53 Å². The van der Waals surface area contributed by atoms with Crippen molar-refractivity contribution < 1.29 is 19.0 Å². The molecule has 5 nitrogen and oxygen atoms in total. The zero-order valence-electron chi connectivity index (χ0n) is 12.4. The molecule has 0 saturated heterocycles. The largest absolute Gasteiger partial charge is 0.491 e. The Morgan fingerprint density at radius 1 is 1.50 bits per heavy atom. The molecule has 0 N–H and O–H groups in total. The minimum absolute atomic E-state index is 0.0332. The number of carbonyl (C=O) groups is 1. The van der Waals surface area contributed by atoms with E-state index in [1.165, 1.54) is 19.3 Å². The lowest BCUT2D eigenvalue weighted by molar-refractivity contribution is -0.137. The highest BCUT2D eigenvalue weighted by atomic mass is 35.5. The molecule has 0 saturated carbocycles. The topological polar surface area (TPSA) is 68.6 Å². The Labute approximate surface area is 134 Å². The van der Waals surface area contributed by atoms with E-state index in [0.29, 0.717) is 28.7 Å². The van der Waals surface area contributed by atoms with Gasteiger partial charge in [0.2, 0.25) is 0 Å². The summed E-state index contributed by atoms with van der Waals surface area (Å²) in [5, 5.41) is 9.38. The fourth-order valence-electron chi connectivity index (χ4n) is 1.65. The first kappa shape index (κ1) is 17.6. The van der Waals surface area contributed by atoms with Gasteiger partial charge >= 0.3 is 5.97 Å². The molecule has 6 heteroatoms. The van der Waals surface area contributed by atoms with Crippen LogP contribution in [0.1, 0.15) is 12.5 Å². The quantitative estimate of drug-likeness (QED) is 0.333. The second-order valence-corrected chi connectivity index (χ2v) is 4.43. The molecule has 22 heavy (non-hydrogen) atoms. The zero-order valence-corrected chi connectivity index (χ0v) is 13.1. The number of nitrogens with zero attached hydrogens (tertiary/aromatic N) is 1. The van der Waals surface area contributed by atoms with E-state index in [-0.39, 0.29) is 12.2 Å². The van der Waals surface area contributed by atoms with Crippen molar-refractivity contribution in [3.63, 3.8) is 0 Å². The fourth-order valence-corrected chi connectivity index (χ4v) is 1.94. The molecule has 116 valence electrons. The van der Waals surface area contributed by atoms with E-state index >= 15 is 0 Å².